The molecule has 2 rings (SSSR count). The lowest BCUT2D eigenvalue weighted by Gasteiger charge is -2.36. The summed E-state index contributed by atoms with van der Waals surface area (Å²) in [7, 11) is 0. The summed E-state index contributed by atoms with van der Waals surface area (Å²) in [6, 6.07) is 0. The lowest BCUT2D eigenvalue weighted by atomic mass is 9.86. The van der Waals surface area contributed by atoms with E-state index < -0.39 is 12.0 Å². The number of halogens is 3. The molecular weight excluding hydrogens is 285 g/mol. The Hall–Kier alpha value is -1.15. The molecule has 1 aliphatic heterocycles. The van der Waals surface area contributed by atoms with Crippen LogP contribution in [0.5, 0.6) is 0 Å². The standard InChI is InChI=1S/C13H21F3N4O/c1-3-4-12(2,9-21)8-19-5-6-20-10(7-19)17-18-11(20)13(14,15)16/h21H,3-9H2,1-2H3. The lowest BCUT2D eigenvalue weighted by molar-refractivity contribution is -0.148. The molecule has 8 heteroatoms. The molecule has 1 unspecified atom stereocenters. The van der Waals surface area contributed by atoms with E-state index in [2.05, 4.69) is 17.1 Å². The van der Waals surface area contributed by atoms with Crippen LogP contribution in [-0.4, -0.2) is 44.5 Å². The van der Waals surface area contributed by atoms with Gasteiger partial charge in [0.15, 0.2) is 0 Å². The predicted molar refractivity (Wildman–Crippen MR) is 70.4 cm³/mol. The molecule has 5 nitrogen and oxygen atoms in total. The van der Waals surface area contributed by atoms with E-state index in [0.717, 1.165) is 17.4 Å². The van der Waals surface area contributed by atoms with Gasteiger partial charge in [0.2, 0.25) is 5.82 Å². The van der Waals surface area contributed by atoms with Crippen LogP contribution in [0.3, 0.4) is 0 Å². The molecule has 0 aliphatic carbocycles. The third-order valence-corrected chi connectivity index (χ3v) is 3.93. The van der Waals surface area contributed by atoms with Crippen LogP contribution in [0.4, 0.5) is 13.2 Å². The zero-order chi connectivity index (χ0) is 15.7. The van der Waals surface area contributed by atoms with Crippen molar-refractivity contribution in [1.82, 2.24) is 19.7 Å². The first-order valence-electron chi connectivity index (χ1n) is 7.11. The summed E-state index contributed by atoms with van der Waals surface area (Å²) in [5, 5.41) is 16.5. The van der Waals surface area contributed by atoms with E-state index in [-0.39, 0.29) is 18.6 Å². The van der Waals surface area contributed by atoms with E-state index >= 15 is 0 Å². The maximum atomic E-state index is 12.8. The van der Waals surface area contributed by atoms with Gasteiger partial charge in [0.05, 0.1) is 6.54 Å². The molecule has 1 aromatic heterocycles. The quantitative estimate of drug-likeness (QED) is 0.903. The Morgan fingerprint density at radius 1 is 1.24 bits per heavy atom. The van der Waals surface area contributed by atoms with Crippen LogP contribution in [0.15, 0.2) is 0 Å². The Bertz CT molecular complexity index is 488. The highest BCUT2D eigenvalue weighted by Crippen LogP contribution is 2.30. The van der Waals surface area contributed by atoms with Gasteiger partial charge in [-0.05, 0) is 6.42 Å². The molecule has 0 radical (unpaired) electrons. The predicted octanol–water partition coefficient (Wildman–Crippen LogP) is 1.91. The summed E-state index contributed by atoms with van der Waals surface area (Å²) in [5.74, 6) is -0.582. The summed E-state index contributed by atoms with van der Waals surface area (Å²) < 4.78 is 39.4. The molecule has 0 bridgehead atoms. The van der Waals surface area contributed by atoms with Gasteiger partial charge in [-0.15, -0.1) is 10.2 Å². The van der Waals surface area contributed by atoms with Gasteiger partial charge in [0, 0.05) is 31.7 Å². The monoisotopic (exact) mass is 306 g/mol. The normalized spacial score (nSPS) is 19.3. The van der Waals surface area contributed by atoms with Crippen LogP contribution >= 0.6 is 0 Å². The molecule has 1 aliphatic rings. The highest BCUT2D eigenvalue weighted by Gasteiger charge is 2.40. The Labute approximate surface area is 121 Å². The number of aliphatic hydroxyl groups is 1. The van der Waals surface area contributed by atoms with E-state index in [1.54, 1.807) is 0 Å². The summed E-state index contributed by atoms with van der Waals surface area (Å²) in [6.07, 6.45) is -2.63. The van der Waals surface area contributed by atoms with Gasteiger partial charge < -0.3 is 9.67 Å². The van der Waals surface area contributed by atoms with Gasteiger partial charge in [0.1, 0.15) is 5.82 Å². The highest BCUT2D eigenvalue weighted by molar-refractivity contribution is 5.02. The number of rotatable bonds is 5. The zero-order valence-corrected chi connectivity index (χ0v) is 12.3. The van der Waals surface area contributed by atoms with Gasteiger partial charge in [-0.3, -0.25) is 4.90 Å². The van der Waals surface area contributed by atoms with Crippen molar-refractivity contribution in [3.05, 3.63) is 11.6 Å². The first-order valence-corrected chi connectivity index (χ1v) is 7.11. The zero-order valence-electron chi connectivity index (χ0n) is 12.3. The number of aliphatic hydroxyl groups excluding tert-OH is 1. The van der Waals surface area contributed by atoms with Crippen molar-refractivity contribution in [2.75, 3.05) is 19.7 Å². The van der Waals surface area contributed by atoms with Crippen molar-refractivity contribution in [3.63, 3.8) is 0 Å². The van der Waals surface area contributed by atoms with Gasteiger partial charge >= 0.3 is 6.18 Å². The molecule has 0 saturated heterocycles. The summed E-state index contributed by atoms with van der Waals surface area (Å²) >= 11 is 0. The van der Waals surface area contributed by atoms with E-state index in [4.69, 9.17) is 0 Å². The van der Waals surface area contributed by atoms with Crippen molar-refractivity contribution >= 4 is 0 Å². The third kappa shape index (κ3) is 3.55. The summed E-state index contributed by atoms with van der Waals surface area (Å²) in [6.45, 7) is 5.83. The lowest BCUT2D eigenvalue weighted by Crippen LogP contribution is -2.43. The largest absolute Gasteiger partial charge is 0.451 e. The van der Waals surface area contributed by atoms with Gasteiger partial charge in [-0.25, -0.2) is 0 Å². The number of aromatic nitrogens is 3. The second-order valence-electron chi connectivity index (χ2n) is 6.02. The first-order chi connectivity index (χ1) is 9.79. The second kappa shape index (κ2) is 5.92. The minimum Gasteiger partial charge on any atom is -0.396 e. The molecular formula is C13H21F3N4O. The first kappa shape index (κ1) is 16.2. The molecule has 0 fully saturated rings. The molecule has 1 atom stereocenters. The highest BCUT2D eigenvalue weighted by atomic mass is 19.4. The molecule has 120 valence electrons. The number of alkyl halides is 3. The van der Waals surface area contributed by atoms with Crippen LogP contribution in [0.2, 0.25) is 0 Å². The van der Waals surface area contributed by atoms with Gasteiger partial charge in [0.25, 0.3) is 0 Å². The molecule has 0 saturated carbocycles. The van der Waals surface area contributed by atoms with Crippen LogP contribution in [0, 0.1) is 5.41 Å². The average Bonchev–Trinajstić information content (AvgIpc) is 2.81. The van der Waals surface area contributed by atoms with Crippen molar-refractivity contribution < 1.29 is 18.3 Å². The summed E-state index contributed by atoms with van der Waals surface area (Å²) in [4.78, 5) is 2.04. The average molecular weight is 306 g/mol. The Balaban J connectivity index is 2.09. The Morgan fingerprint density at radius 3 is 2.52 bits per heavy atom. The Kier molecular flexibility index (Phi) is 4.57. The minimum atomic E-state index is -4.46. The van der Waals surface area contributed by atoms with E-state index in [1.165, 1.54) is 0 Å². The van der Waals surface area contributed by atoms with Crippen molar-refractivity contribution in [3.8, 4) is 0 Å². The molecule has 0 spiro atoms. The molecule has 1 aromatic rings. The van der Waals surface area contributed by atoms with Crippen molar-refractivity contribution in [2.45, 2.75) is 46.0 Å². The number of fused-ring (bicyclic) bond motifs is 1. The van der Waals surface area contributed by atoms with Gasteiger partial charge in [-0.2, -0.15) is 13.2 Å². The Morgan fingerprint density at radius 2 is 1.95 bits per heavy atom. The van der Waals surface area contributed by atoms with Crippen LogP contribution in [0.25, 0.3) is 0 Å². The van der Waals surface area contributed by atoms with E-state index in [9.17, 15) is 18.3 Å². The second-order valence-corrected chi connectivity index (χ2v) is 6.02. The topological polar surface area (TPSA) is 54.2 Å². The van der Waals surface area contributed by atoms with Crippen LogP contribution < -0.4 is 0 Å². The maximum Gasteiger partial charge on any atom is 0.451 e. The van der Waals surface area contributed by atoms with E-state index in [0.29, 0.717) is 25.5 Å². The molecule has 0 amide bonds. The van der Waals surface area contributed by atoms with Crippen LogP contribution in [-0.2, 0) is 19.3 Å². The fourth-order valence-corrected chi connectivity index (χ4v) is 2.90. The van der Waals surface area contributed by atoms with E-state index in [1.807, 2.05) is 11.8 Å². The van der Waals surface area contributed by atoms with Crippen molar-refractivity contribution in [1.29, 1.82) is 0 Å². The fourth-order valence-electron chi connectivity index (χ4n) is 2.90. The number of hydrogen-bond donors (Lipinski definition) is 1. The number of nitrogens with zero attached hydrogens (tertiary/aromatic N) is 4. The SMILES string of the molecule is CCCC(C)(CO)CN1CCn2c(nnc2C(F)(F)F)C1. The summed E-state index contributed by atoms with van der Waals surface area (Å²) in [5.41, 5.74) is -0.232. The number of hydrogen-bond acceptors (Lipinski definition) is 4. The third-order valence-electron chi connectivity index (χ3n) is 3.93. The molecule has 0 aromatic carbocycles. The minimum absolute atomic E-state index is 0.0673. The molecule has 2 heterocycles. The smallest absolute Gasteiger partial charge is 0.396 e. The van der Waals surface area contributed by atoms with Gasteiger partial charge in [-0.1, -0.05) is 20.3 Å². The van der Waals surface area contributed by atoms with Crippen molar-refractivity contribution in [2.24, 2.45) is 5.41 Å². The fraction of sp³-hybridized carbons (Fsp3) is 0.846. The molecule has 21 heavy (non-hydrogen) atoms. The molecule has 1 N–H and O–H groups in total. The van der Waals surface area contributed by atoms with Crippen LogP contribution in [0.1, 0.15) is 38.3 Å². The maximum absolute atomic E-state index is 12.8.